The van der Waals surface area contributed by atoms with Crippen molar-refractivity contribution in [1.82, 2.24) is 9.80 Å². The van der Waals surface area contributed by atoms with Crippen LogP contribution in [0.25, 0.3) is 11.1 Å². The summed E-state index contributed by atoms with van der Waals surface area (Å²) in [5.41, 5.74) is 5.32. The largest absolute Gasteiger partial charge is 0.395 e. The molecule has 0 unspecified atom stereocenters. The van der Waals surface area contributed by atoms with Gasteiger partial charge in [-0.1, -0.05) is 48.5 Å². The van der Waals surface area contributed by atoms with E-state index in [1.165, 1.54) is 61.0 Å². The molecular weight excluding hydrogens is 356 g/mol. The second-order valence-electron chi connectivity index (χ2n) is 9.43. The first kappa shape index (κ1) is 19.3. The minimum atomic E-state index is 0.267. The first-order valence-electron chi connectivity index (χ1n) is 11.5. The van der Waals surface area contributed by atoms with E-state index in [1.54, 1.807) is 0 Å². The summed E-state index contributed by atoms with van der Waals surface area (Å²) in [5.74, 6) is 1.40. The lowest BCUT2D eigenvalue weighted by Gasteiger charge is -2.57. The Morgan fingerprint density at radius 3 is 2.45 bits per heavy atom. The number of aliphatic hydroxyl groups is 1. The molecular formula is C26H34N2O. The van der Waals surface area contributed by atoms with E-state index in [-0.39, 0.29) is 12.6 Å². The van der Waals surface area contributed by atoms with Gasteiger partial charge < -0.3 is 10.0 Å². The quantitative estimate of drug-likeness (QED) is 0.825. The van der Waals surface area contributed by atoms with Gasteiger partial charge in [0, 0.05) is 31.1 Å². The monoisotopic (exact) mass is 390 g/mol. The highest BCUT2D eigenvalue weighted by Crippen LogP contribution is 2.43. The molecule has 154 valence electrons. The van der Waals surface area contributed by atoms with Gasteiger partial charge in [0.25, 0.3) is 0 Å². The van der Waals surface area contributed by atoms with Crippen LogP contribution in [-0.4, -0.2) is 59.8 Å². The summed E-state index contributed by atoms with van der Waals surface area (Å²) in [4.78, 5) is 5.32. The molecule has 3 aliphatic rings. The first-order valence-corrected chi connectivity index (χ1v) is 11.5. The lowest BCUT2D eigenvalue weighted by molar-refractivity contribution is -0.0649. The van der Waals surface area contributed by atoms with Crippen molar-refractivity contribution in [2.75, 3.05) is 32.8 Å². The zero-order chi connectivity index (χ0) is 19.8. The molecule has 2 aromatic rings. The van der Waals surface area contributed by atoms with Crippen molar-refractivity contribution in [3.8, 4) is 11.1 Å². The van der Waals surface area contributed by atoms with Crippen molar-refractivity contribution < 1.29 is 5.11 Å². The van der Waals surface area contributed by atoms with Crippen LogP contribution in [0.5, 0.6) is 0 Å². The topological polar surface area (TPSA) is 26.7 Å². The van der Waals surface area contributed by atoms with Crippen LogP contribution in [0.15, 0.2) is 48.5 Å². The molecule has 1 N–H and O–H groups in total. The molecule has 3 atom stereocenters. The number of fused-ring (bicyclic) bond motifs is 1. The van der Waals surface area contributed by atoms with Gasteiger partial charge in [0.15, 0.2) is 0 Å². The molecule has 0 spiro atoms. The van der Waals surface area contributed by atoms with E-state index in [9.17, 15) is 5.11 Å². The fraction of sp³-hybridized carbons (Fsp3) is 0.538. The first-order chi connectivity index (χ1) is 14.2. The second-order valence-corrected chi connectivity index (χ2v) is 9.43. The maximum absolute atomic E-state index is 10.2. The summed E-state index contributed by atoms with van der Waals surface area (Å²) >= 11 is 0. The Kier molecular flexibility index (Phi) is 5.47. The van der Waals surface area contributed by atoms with Crippen LogP contribution in [0.4, 0.5) is 0 Å². The Bertz CT molecular complexity index is 829. The normalized spacial score (nSPS) is 28.3. The molecule has 3 nitrogen and oxygen atoms in total. The Labute approximate surface area is 175 Å². The molecule has 0 bridgehead atoms. The van der Waals surface area contributed by atoms with E-state index < -0.39 is 0 Å². The molecule has 3 fully saturated rings. The fourth-order valence-corrected chi connectivity index (χ4v) is 5.62. The number of hydrogen-bond donors (Lipinski definition) is 1. The zero-order valence-electron chi connectivity index (χ0n) is 17.6. The highest BCUT2D eigenvalue weighted by Gasteiger charge is 2.49. The summed E-state index contributed by atoms with van der Waals surface area (Å²) in [7, 11) is 0. The van der Waals surface area contributed by atoms with Crippen LogP contribution < -0.4 is 0 Å². The summed E-state index contributed by atoms with van der Waals surface area (Å²) in [6.07, 6.45) is 5.40. The van der Waals surface area contributed by atoms with Gasteiger partial charge in [0.2, 0.25) is 0 Å². The smallest absolute Gasteiger partial charge is 0.0593 e. The van der Waals surface area contributed by atoms with E-state index in [1.807, 2.05) is 0 Å². The number of aliphatic hydroxyl groups excluding tert-OH is 1. The van der Waals surface area contributed by atoms with Crippen molar-refractivity contribution in [2.24, 2.45) is 5.92 Å². The van der Waals surface area contributed by atoms with Crippen LogP contribution in [0, 0.1) is 12.8 Å². The van der Waals surface area contributed by atoms with E-state index in [4.69, 9.17) is 0 Å². The maximum atomic E-state index is 10.2. The summed E-state index contributed by atoms with van der Waals surface area (Å²) in [6, 6.07) is 18.6. The van der Waals surface area contributed by atoms with Gasteiger partial charge in [-0.2, -0.15) is 0 Å². The zero-order valence-corrected chi connectivity index (χ0v) is 17.6. The Morgan fingerprint density at radius 1 is 0.966 bits per heavy atom. The number of aryl methyl sites for hydroxylation is 1. The molecule has 3 heteroatoms. The number of rotatable bonds is 5. The van der Waals surface area contributed by atoms with Crippen LogP contribution >= 0.6 is 0 Å². The maximum Gasteiger partial charge on any atom is 0.0593 e. The summed E-state index contributed by atoms with van der Waals surface area (Å²) in [5, 5.41) is 10.2. The molecule has 2 aliphatic heterocycles. The third-order valence-corrected chi connectivity index (χ3v) is 7.42. The van der Waals surface area contributed by atoms with Crippen molar-refractivity contribution in [3.05, 3.63) is 59.7 Å². The van der Waals surface area contributed by atoms with Crippen LogP contribution in [0.2, 0.25) is 0 Å². The predicted molar refractivity (Wildman–Crippen MR) is 119 cm³/mol. The lowest BCUT2D eigenvalue weighted by atomic mass is 9.74. The Hall–Kier alpha value is -1.68. The lowest BCUT2D eigenvalue weighted by Crippen LogP contribution is -2.67. The summed E-state index contributed by atoms with van der Waals surface area (Å²) < 4.78 is 0. The molecule has 2 heterocycles. The molecule has 29 heavy (non-hydrogen) atoms. The molecule has 0 aromatic heterocycles. The Balaban J connectivity index is 1.37. The number of hydrogen-bond acceptors (Lipinski definition) is 3. The van der Waals surface area contributed by atoms with E-state index >= 15 is 0 Å². The third-order valence-electron chi connectivity index (χ3n) is 7.42. The minimum absolute atomic E-state index is 0.267. The molecule has 0 amide bonds. The predicted octanol–water partition coefficient (Wildman–Crippen LogP) is 4.30. The van der Waals surface area contributed by atoms with Gasteiger partial charge in [0.05, 0.1) is 6.61 Å². The van der Waals surface area contributed by atoms with Crippen LogP contribution in [0.3, 0.4) is 0 Å². The molecule has 1 saturated carbocycles. The molecule has 1 aliphatic carbocycles. The number of benzene rings is 2. The fourth-order valence-electron chi connectivity index (χ4n) is 5.62. The van der Waals surface area contributed by atoms with E-state index in [2.05, 4.69) is 65.3 Å². The van der Waals surface area contributed by atoms with Crippen molar-refractivity contribution in [1.29, 1.82) is 0 Å². The van der Waals surface area contributed by atoms with Crippen molar-refractivity contribution in [2.45, 2.75) is 50.6 Å². The van der Waals surface area contributed by atoms with Crippen molar-refractivity contribution >= 4 is 0 Å². The molecule has 5 rings (SSSR count). The molecule has 0 radical (unpaired) electrons. The number of nitrogens with zero attached hydrogens (tertiary/aromatic N) is 2. The van der Waals surface area contributed by atoms with E-state index in [0.717, 1.165) is 19.0 Å². The van der Waals surface area contributed by atoms with Crippen molar-refractivity contribution in [3.63, 3.8) is 0 Å². The third kappa shape index (κ3) is 3.88. The minimum Gasteiger partial charge on any atom is -0.395 e. The van der Waals surface area contributed by atoms with Gasteiger partial charge in [-0.15, -0.1) is 0 Å². The standard InChI is InChI=1S/C26H34N2O/c1-19-6-2-3-7-23(19)21-10-12-22(13-11-21)26-24-17-27(16-20-8-9-20)14-4-5-15-28(24)25(26)18-29/h2-3,6-7,10-13,20,24-26,29H,4-5,8-9,14-18H2,1H3/t24-,25-,26-/m1/s1. The highest BCUT2D eigenvalue weighted by atomic mass is 16.3. The average molecular weight is 391 g/mol. The van der Waals surface area contributed by atoms with Gasteiger partial charge in [-0.05, 0) is 73.9 Å². The second kappa shape index (κ2) is 8.22. The average Bonchev–Trinajstić information content (AvgIpc) is 3.54. The van der Waals surface area contributed by atoms with Gasteiger partial charge in [-0.25, -0.2) is 0 Å². The van der Waals surface area contributed by atoms with Crippen LogP contribution in [0.1, 0.15) is 42.7 Å². The Morgan fingerprint density at radius 2 is 1.72 bits per heavy atom. The van der Waals surface area contributed by atoms with Crippen LogP contribution in [-0.2, 0) is 0 Å². The molecule has 2 aromatic carbocycles. The highest BCUT2D eigenvalue weighted by molar-refractivity contribution is 5.67. The van der Waals surface area contributed by atoms with Gasteiger partial charge in [-0.3, -0.25) is 4.90 Å². The summed E-state index contributed by atoms with van der Waals surface area (Å²) in [6.45, 7) is 7.29. The van der Waals surface area contributed by atoms with E-state index in [0.29, 0.717) is 12.0 Å². The molecule has 2 saturated heterocycles. The SMILES string of the molecule is Cc1ccccc1-c1ccc([C@H]2[C@@H](CO)N3CCCCN(CC4CC4)C[C@H]23)cc1. The van der Waals surface area contributed by atoms with Gasteiger partial charge in [0.1, 0.15) is 0 Å². The van der Waals surface area contributed by atoms with Gasteiger partial charge >= 0.3 is 0 Å².